The summed E-state index contributed by atoms with van der Waals surface area (Å²) in [6.45, 7) is 4.31. The summed E-state index contributed by atoms with van der Waals surface area (Å²) in [7, 11) is 0. The first-order valence-corrected chi connectivity index (χ1v) is 14.7. The average Bonchev–Trinajstić information content (AvgIpc) is 2.97. The molecular weight excluding hydrogens is 475 g/mol. The van der Waals surface area contributed by atoms with Crippen LogP contribution in [-0.2, 0) is 25.7 Å². The summed E-state index contributed by atoms with van der Waals surface area (Å²) in [6.07, 6.45) is 15.6. The van der Waals surface area contributed by atoms with Crippen molar-refractivity contribution in [3.8, 4) is 11.8 Å². The number of unbranched alkanes of at least 4 members (excludes halogenated alkanes) is 4. The number of halogens is 1. The lowest BCUT2D eigenvalue weighted by Gasteiger charge is -2.08. The standard InChI is InChI=1S/C38H41F/c1-3-5-7-8-10-12-31-13-17-32(18-14-31)21-22-34-24-28-37-36(29-34)27-26-35(38(37)39)25-23-33-19-15-30(16-20-33)11-9-6-4-2/h4,6,13-20,24,26-29H,3,5,7-12,23,25H2,1-2H3/b6-4+. The molecule has 0 aliphatic carbocycles. The Morgan fingerprint density at radius 3 is 2.03 bits per heavy atom. The van der Waals surface area contributed by atoms with E-state index in [0.717, 1.165) is 47.8 Å². The van der Waals surface area contributed by atoms with Gasteiger partial charge in [-0.3, -0.25) is 0 Å². The molecule has 200 valence electrons. The summed E-state index contributed by atoms with van der Waals surface area (Å²) in [6, 6.07) is 27.1. The van der Waals surface area contributed by atoms with E-state index in [0.29, 0.717) is 11.8 Å². The van der Waals surface area contributed by atoms with Crippen molar-refractivity contribution in [2.24, 2.45) is 0 Å². The van der Waals surface area contributed by atoms with Gasteiger partial charge in [-0.25, -0.2) is 4.39 Å². The molecule has 0 nitrogen and oxygen atoms in total. The number of hydrogen-bond donors (Lipinski definition) is 0. The molecule has 4 aromatic rings. The predicted octanol–water partition coefficient (Wildman–Crippen LogP) is 10.2. The van der Waals surface area contributed by atoms with E-state index in [9.17, 15) is 0 Å². The Morgan fingerprint density at radius 1 is 0.641 bits per heavy atom. The minimum atomic E-state index is -0.111. The molecule has 0 aromatic heterocycles. The maximum absolute atomic E-state index is 15.3. The van der Waals surface area contributed by atoms with Gasteiger partial charge in [0.05, 0.1) is 0 Å². The van der Waals surface area contributed by atoms with Gasteiger partial charge >= 0.3 is 0 Å². The highest BCUT2D eigenvalue weighted by atomic mass is 19.1. The zero-order chi connectivity index (χ0) is 27.3. The fourth-order valence-corrected chi connectivity index (χ4v) is 5.01. The highest BCUT2D eigenvalue weighted by molar-refractivity contribution is 5.85. The molecule has 0 saturated carbocycles. The number of rotatable bonds is 12. The van der Waals surface area contributed by atoms with E-state index < -0.39 is 0 Å². The van der Waals surface area contributed by atoms with Gasteiger partial charge in [0.15, 0.2) is 0 Å². The molecule has 0 unspecified atom stereocenters. The fourth-order valence-electron chi connectivity index (χ4n) is 5.01. The summed E-state index contributed by atoms with van der Waals surface area (Å²) in [5.41, 5.74) is 6.66. The summed E-state index contributed by atoms with van der Waals surface area (Å²) in [5.74, 6) is 6.43. The summed E-state index contributed by atoms with van der Waals surface area (Å²) in [5, 5.41) is 1.56. The first-order chi connectivity index (χ1) is 19.2. The molecule has 0 atom stereocenters. The van der Waals surface area contributed by atoms with Crippen LogP contribution in [0.3, 0.4) is 0 Å². The number of hydrogen-bond acceptors (Lipinski definition) is 0. The van der Waals surface area contributed by atoms with Crippen LogP contribution in [0.1, 0.15) is 85.8 Å². The Hall–Kier alpha value is -3.63. The summed E-state index contributed by atoms with van der Waals surface area (Å²) < 4.78 is 15.3. The maximum Gasteiger partial charge on any atom is 0.134 e. The Morgan fingerprint density at radius 2 is 1.28 bits per heavy atom. The van der Waals surface area contributed by atoms with Crippen LogP contribution in [-0.4, -0.2) is 0 Å². The van der Waals surface area contributed by atoms with Crippen LogP contribution in [0.4, 0.5) is 4.39 Å². The van der Waals surface area contributed by atoms with Gasteiger partial charge in [0.25, 0.3) is 0 Å². The third-order valence-electron chi connectivity index (χ3n) is 7.45. The van der Waals surface area contributed by atoms with Crippen molar-refractivity contribution in [2.75, 3.05) is 0 Å². The minimum Gasteiger partial charge on any atom is -0.206 e. The third-order valence-corrected chi connectivity index (χ3v) is 7.45. The van der Waals surface area contributed by atoms with Crippen molar-refractivity contribution in [3.63, 3.8) is 0 Å². The van der Waals surface area contributed by atoms with Crippen LogP contribution in [0.15, 0.2) is 91.0 Å². The second kappa shape index (κ2) is 15.1. The predicted molar refractivity (Wildman–Crippen MR) is 166 cm³/mol. The molecule has 0 bridgehead atoms. The number of fused-ring (bicyclic) bond motifs is 1. The fraction of sp³-hybridized carbons (Fsp3) is 0.316. The second-order valence-corrected chi connectivity index (χ2v) is 10.5. The van der Waals surface area contributed by atoms with Crippen molar-refractivity contribution in [1.82, 2.24) is 0 Å². The molecule has 4 rings (SSSR count). The largest absolute Gasteiger partial charge is 0.206 e. The van der Waals surface area contributed by atoms with Gasteiger partial charge in [0.1, 0.15) is 5.82 Å². The van der Waals surface area contributed by atoms with Crippen LogP contribution < -0.4 is 0 Å². The molecule has 0 radical (unpaired) electrons. The van der Waals surface area contributed by atoms with Crippen LogP contribution >= 0.6 is 0 Å². The number of benzene rings is 4. The van der Waals surface area contributed by atoms with E-state index in [1.807, 2.05) is 30.3 Å². The van der Waals surface area contributed by atoms with Gasteiger partial charge in [0.2, 0.25) is 0 Å². The van der Waals surface area contributed by atoms with E-state index >= 15 is 4.39 Å². The molecule has 0 aliphatic rings. The number of allylic oxidation sites excluding steroid dienone is 2. The Labute approximate surface area is 235 Å². The molecular formula is C38H41F. The average molecular weight is 517 g/mol. The molecule has 0 aliphatic heterocycles. The first-order valence-electron chi connectivity index (χ1n) is 14.7. The highest BCUT2D eigenvalue weighted by Crippen LogP contribution is 2.24. The molecule has 0 spiro atoms. The van der Waals surface area contributed by atoms with Crippen molar-refractivity contribution < 1.29 is 4.39 Å². The normalized spacial score (nSPS) is 11.2. The quantitative estimate of drug-likeness (QED) is 0.0998. The first kappa shape index (κ1) is 28.4. The molecule has 0 saturated heterocycles. The van der Waals surface area contributed by atoms with Crippen LogP contribution in [0.5, 0.6) is 0 Å². The van der Waals surface area contributed by atoms with Gasteiger partial charge < -0.3 is 0 Å². The van der Waals surface area contributed by atoms with E-state index in [4.69, 9.17) is 0 Å². The minimum absolute atomic E-state index is 0.111. The van der Waals surface area contributed by atoms with Crippen molar-refractivity contribution in [3.05, 3.63) is 130 Å². The van der Waals surface area contributed by atoms with Crippen molar-refractivity contribution in [1.29, 1.82) is 0 Å². The van der Waals surface area contributed by atoms with Crippen LogP contribution in [0, 0.1) is 17.7 Å². The molecule has 0 amide bonds. The Bertz CT molecular complexity index is 1410. The third kappa shape index (κ3) is 8.69. The Kier molecular flexibility index (Phi) is 11.0. The second-order valence-electron chi connectivity index (χ2n) is 10.5. The maximum atomic E-state index is 15.3. The molecule has 1 heteroatoms. The lowest BCUT2D eigenvalue weighted by Crippen LogP contribution is -1.96. The van der Waals surface area contributed by atoms with Gasteiger partial charge in [-0.1, -0.05) is 111 Å². The molecule has 4 aromatic carbocycles. The van der Waals surface area contributed by atoms with E-state index in [1.165, 1.54) is 48.8 Å². The zero-order valence-corrected chi connectivity index (χ0v) is 23.6. The molecule has 39 heavy (non-hydrogen) atoms. The molecule has 0 N–H and O–H groups in total. The zero-order valence-electron chi connectivity index (χ0n) is 23.6. The molecule has 0 heterocycles. The van der Waals surface area contributed by atoms with Gasteiger partial charge in [-0.05, 0) is 97.4 Å². The lowest BCUT2D eigenvalue weighted by atomic mass is 9.98. The van der Waals surface area contributed by atoms with Crippen LogP contribution in [0.2, 0.25) is 0 Å². The highest BCUT2D eigenvalue weighted by Gasteiger charge is 2.08. The SMILES string of the molecule is C/C=C/CCc1ccc(CCc2ccc3cc(C#Cc4ccc(CCCCCCC)cc4)ccc3c2F)cc1. The van der Waals surface area contributed by atoms with Gasteiger partial charge in [-0.2, -0.15) is 0 Å². The van der Waals surface area contributed by atoms with Gasteiger partial charge in [-0.15, -0.1) is 0 Å². The smallest absolute Gasteiger partial charge is 0.134 e. The summed E-state index contributed by atoms with van der Waals surface area (Å²) in [4.78, 5) is 0. The van der Waals surface area contributed by atoms with E-state index in [2.05, 4.69) is 86.4 Å². The number of aryl methyl sites for hydroxylation is 4. The summed E-state index contributed by atoms with van der Waals surface area (Å²) >= 11 is 0. The monoisotopic (exact) mass is 516 g/mol. The van der Waals surface area contributed by atoms with Crippen LogP contribution in [0.25, 0.3) is 10.8 Å². The van der Waals surface area contributed by atoms with Crippen molar-refractivity contribution >= 4 is 10.8 Å². The Balaban J connectivity index is 1.35. The van der Waals surface area contributed by atoms with Gasteiger partial charge in [0, 0.05) is 16.5 Å². The van der Waals surface area contributed by atoms with E-state index in [-0.39, 0.29) is 5.82 Å². The van der Waals surface area contributed by atoms with Crippen molar-refractivity contribution in [2.45, 2.75) is 78.1 Å². The van der Waals surface area contributed by atoms with E-state index in [1.54, 1.807) is 0 Å². The molecule has 0 fully saturated rings. The lowest BCUT2D eigenvalue weighted by molar-refractivity contribution is 0.620. The topological polar surface area (TPSA) is 0 Å².